The van der Waals surface area contributed by atoms with E-state index in [1.54, 1.807) is 13.3 Å². The number of nitrogens with one attached hydrogen (secondary N) is 4. The standard InChI is InChI=1S/C41H44ClF3N6O5/c1-54-34-18-23(9-10-24(34)19-46-21-26-11-13-35(52)49-26)38-37(42)31(15-16-48-38)29-5-3-7-30-28(29)6-4-8-33(30)56-40-32(41(43,44)45)17-25(39(51-40)55-2)20-47-22-27-12-14-36(53)50-27/h3,5,7,9-10,15-18,26-27,33,46-47H,4,6,8,11-14,19-22H2,1-2H3,(H,49,52)(H,50,53)/t26-,27-,33+/m1/s1. The van der Waals surface area contributed by atoms with Crippen molar-refractivity contribution in [2.75, 3.05) is 27.3 Å². The highest BCUT2D eigenvalue weighted by atomic mass is 35.5. The molecule has 3 aliphatic rings. The van der Waals surface area contributed by atoms with Crippen LogP contribution in [0, 0.1) is 0 Å². The summed E-state index contributed by atoms with van der Waals surface area (Å²) in [5.74, 6) is 0.177. The second kappa shape index (κ2) is 17.1. The first-order valence-corrected chi connectivity index (χ1v) is 19.2. The van der Waals surface area contributed by atoms with Crippen molar-refractivity contribution < 1.29 is 37.0 Å². The maximum Gasteiger partial charge on any atom is 0.421 e. The van der Waals surface area contributed by atoms with Crippen molar-refractivity contribution in [3.63, 3.8) is 0 Å². The molecule has 2 aliphatic heterocycles. The molecule has 11 nitrogen and oxygen atoms in total. The zero-order chi connectivity index (χ0) is 39.4. The minimum absolute atomic E-state index is 0.0248. The molecule has 4 heterocycles. The summed E-state index contributed by atoms with van der Waals surface area (Å²) in [6.45, 7) is 1.67. The van der Waals surface area contributed by atoms with E-state index in [4.69, 9.17) is 25.8 Å². The topological polar surface area (TPSA) is 136 Å². The molecule has 56 heavy (non-hydrogen) atoms. The molecule has 2 aromatic heterocycles. The number of halogens is 4. The van der Waals surface area contributed by atoms with Crippen LogP contribution in [0.25, 0.3) is 22.4 Å². The Bertz CT molecular complexity index is 2100. The Hall–Kier alpha value is -4.92. The van der Waals surface area contributed by atoms with Crippen molar-refractivity contribution in [2.45, 2.75) is 82.4 Å². The van der Waals surface area contributed by atoms with E-state index in [1.807, 2.05) is 42.5 Å². The lowest BCUT2D eigenvalue weighted by Crippen LogP contribution is -2.35. The molecule has 2 saturated heterocycles. The molecule has 0 unspecified atom stereocenters. The molecule has 0 radical (unpaired) electrons. The molecule has 0 spiro atoms. The van der Waals surface area contributed by atoms with Gasteiger partial charge < -0.3 is 35.5 Å². The first-order valence-electron chi connectivity index (χ1n) is 18.8. The second-order valence-corrected chi connectivity index (χ2v) is 14.7. The van der Waals surface area contributed by atoms with Gasteiger partial charge >= 0.3 is 6.18 Å². The lowest BCUT2D eigenvalue weighted by molar-refractivity contribution is -0.140. The van der Waals surface area contributed by atoms with Crippen LogP contribution < -0.4 is 35.5 Å². The summed E-state index contributed by atoms with van der Waals surface area (Å²) >= 11 is 7.13. The summed E-state index contributed by atoms with van der Waals surface area (Å²) in [4.78, 5) is 32.0. The van der Waals surface area contributed by atoms with E-state index in [-0.39, 0.29) is 41.9 Å². The molecule has 7 rings (SSSR count). The van der Waals surface area contributed by atoms with Crippen LogP contribution in [-0.2, 0) is 35.3 Å². The monoisotopic (exact) mass is 792 g/mol. The first kappa shape index (κ1) is 39.3. The van der Waals surface area contributed by atoms with Crippen molar-refractivity contribution in [2.24, 2.45) is 0 Å². The lowest BCUT2D eigenvalue weighted by Gasteiger charge is -2.29. The average molecular weight is 793 g/mol. The fourth-order valence-electron chi connectivity index (χ4n) is 7.75. The van der Waals surface area contributed by atoms with Crippen molar-refractivity contribution in [1.29, 1.82) is 0 Å². The van der Waals surface area contributed by atoms with Crippen LogP contribution in [0.5, 0.6) is 17.5 Å². The van der Waals surface area contributed by atoms with Crippen LogP contribution in [0.1, 0.15) is 72.4 Å². The zero-order valence-electron chi connectivity index (χ0n) is 31.2. The van der Waals surface area contributed by atoms with Gasteiger partial charge in [0.05, 0.1) is 24.9 Å². The van der Waals surface area contributed by atoms with E-state index in [0.29, 0.717) is 74.6 Å². The van der Waals surface area contributed by atoms with Gasteiger partial charge in [-0.1, -0.05) is 41.9 Å². The fraction of sp³-hybridized carbons (Fsp3) is 0.415. The number of ether oxygens (including phenoxy) is 3. The highest BCUT2D eigenvalue weighted by Crippen LogP contribution is 2.45. The minimum atomic E-state index is -4.74. The van der Waals surface area contributed by atoms with E-state index >= 15 is 0 Å². The van der Waals surface area contributed by atoms with Crippen LogP contribution in [0.4, 0.5) is 13.2 Å². The van der Waals surface area contributed by atoms with Gasteiger partial charge in [0.15, 0.2) is 0 Å². The highest BCUT2D eigenvalue weighted by Gasteiger charge is 2.38. The second-order valence-electron chi connectivity index (χ2n) is 14.3. The summed E-state index contributed by atoms with van der Waals surface area (Å²) in [6, 6.07) is 14.4. The number of aromatic nitrogens is 2. The number of alkyl halides is 3. The smallest absolute Gasteiger partial charge is 0.421 e. The van der Waals surface area contributed by atoms with Gasteiger partial charge in [0.2, 0.25) is 23.6 Å². The molecule has 1 aliphatic carbocycles. The quantitative estimate of drug-likeness (QED) is 0.110. The molecule has 2 amide bonds. The van der Waals surface area contributed by atoms with Crippen molar-refractivity contribution in [3.8, 4) is 39.9 Å². The fourth-order valence-corrected chi connectivity index (χ4v) is 8.07. The average Bonchev–Trinajstić information content (AvgIpc) is 3.81. The van der Waals surface area contributed by atoms with E-state index in [1.165, 1.54) is 7.11 Å². The number of fused-ring (bicyclic) bond motifs is 1. The van der Waals surface area contributed by atoms with Crippen molar-refractivity contribution in [1.82, 2.24) is 31.2 Å². The molecule has 2 fully saturated rings. The molecule has 0 saturated carbocycles. The van der Waals surface area contributed by atoms with Gasteiger partial charge in [0.1, 0.15) is 17.4 Å². The Kier molecular flexibility index (Phi) is 12.0. The number of methoxy groups -OCH3 is 2. The zero-order valence-corrected chi connectivity index (χ0v) is 31.9. The SMILES string of the molecule is COc1cc(-c2nccc(-c3cccc4c3CCC[C@@H]4Oc3nc(OC)c(CNC[C@H]4CCC(=O)N4)cc3C(F)(F)F)c2Cl)ccc1CNC[C@H]1CCC(=O)N1. The molecule has 4 aromatic rings. The lowest BCUT2D eigenvalue weighted by atomic mass is 9.84. The minimum Gasteiger partial charge on any atom is -0.496 e. The molecule has 15 heteroatoms. The highest BCUT2D eigenvalue weighted by molar-refractivity contribution is 6.35. The summed E-state index contributed by atoms with van der Waals surface area (Å²) in [6.07, 6.45) is 0.519. The summed E-state index contributed by atoms with van der Waals surface area (Å²) in [5.41, 5.74) is 4.77. The van der Waals surface area contributed by atoms with E-state index in [9.17, 15) is 22.8 Å². The van der Waals surface area contributed by atoms with Crippen LogP contribution in [0.3, 0.4) is 0 Å². The van der Waals surface area contributed by atoms with E-state index in [2.05, 4.69) is 31.2 Å². The molecule has 4 N–H and O–H groups in total. The Morgan fingerprint density at radius 1 is 0.839 bits per heavy atom. The van der Waals surface area contributed by atoms with Gasteiger partial charge in [-0.15, -0.1) is 0 Å². The predicted molar refractivity (Wildman–Crippen MR) is 205 cm³/mol. The van der Waals surface area contributed by atoms with Crippen LogP contribution in [0.15, 0.2) is 54.7 Å². The third-order valence-corrected chi connectivity index (χ3v) is 10.9. The van der Waals surface area contributed by atoms with Gasteiger partial charge in [-0.25, -0.2) is 0 Å². The van der Waals surface area contributed by atoms with Gasteiger partial charge in [0, 0.05) is 79.6 Å². The van der Waals surface area contributed by atoms with Gasteiger partial charge in [-0.3, -0.25) is 14.6 Å². The maximum atomic E-state index is 14.6. The summed E-state index contributed by atoms with van der Waals surface area (Å²) in [7, 11) is 2.97. The molecule has 2 aromatic carbocycles. The number of amides is 2. The Balaban J connectivity index is 1.12. The van der Waals surface area contributed by atoms with Gasteiger partial charge in [-0.05, 0) is 67.0 Å². The number of hydrogen-bond acceptors (Lipinski definition) is 9. The number of pyridine rings is 2. The Morgan fingerprint density at radius 3 is 2.20 bits per heavy atom. The molecule has 3 atom stereocenters. The number of benzene rings is 2. The largest absolute Gasteiger partial charge is 0.496 e. The van der Waals surface area contributed by atoms with Crippen LogP contribution in [-0.4, -0.2) is 61.2 Å². The third-order valence-electron chi connectivity index (χ3n) is 10.6. The van der Waals surface area contributed by atoms with Gasteiger partial charge in [0.25, 0.3) is 0 Å². The van der Waals surface area contributed by atoms with Crippen molar-refractivity contribution in [3.05, 3.63) is 87.6 Å². The molecule has 0 bridgehead atoms. The third kappa shape index (κ3) is 8.72. The number of carbonyl (C=O) groups excluding carboxylic acids is 2. The predicted octanol–water partition coefficient (Wildman–Crippen LogP) is 6.69. The van der Waals surface area contributed by atoms with Crippen LogP contribution in [0.2, 0.25) is 5.02 Å². The van der Waals surface area contributed by atoms with Gasteiger partial charge in [-0.2, -0.15) is 18.2 Å². The number of nitrogens with zero attached hydrogens (tertiary/aromatic N) is 2. The number of hydrogen-bond donors (Lipinski definition) is 4. The van der Waals surface area contributed by atoms with E-state index in [0.717, 1.165) is 45.9 Å². The number of carbonyl (C=O) groups is 2. The van der Waals surface area contributed by atoms with E-state index < -0.39 is 23.7 Å². The molecular formula is C41H44ClF3N6O5. The Morgan fingerprint density at radius 2 is 1.55 bits per heavy atom. The number of rotatable bonds is 14. The summed E-state index contributed by atoms with van der Waals surface area (Å²) < 4.78 is 61.0. The Labute approximate surface area is 328 Å². The molecule has 296 valence electrons. The normalized spacial score (nSPS) is 19.4. The maximum absolute atomic E-state index is 14.6. The first-order chi connectivity index (χ1) is 27.0. The summed E-state index contributed by atoms with van der Waals surface area (Å²) in [5, 5.41) is 12.7. The molecular weight excluding hydrogens is 749 g/mol. The van der Waals surface area contributed by atoms with Crippen LogP contribution >= 0.6 is 11.6 Å². The van der Waals surface area contributed by atoms with Crippen molar-refractivity contribution >= 4 is 23.4 Å².